The minimum Gasteiger partial charge on any atom is -0.390 e. The van der Waals surface area contributed by atoms with Crippen molar-refractivity contribution in [3.63, 3.8) is 0 Å². The smallest absolute Gasteiger partial charge is 0.163 e. The van der Waals surface area contributed by atoms with Crippen LogP contribution < -0.4 is 0 Å². The number of methoxy groups -OCH3 is 1. The van der Waals surface area contributed by atoms with Gasteiger partial charge in [-0.2, -0.15) is 0 Å². The van der Waals surface area contributed by atoms with Crippen LogP contribution in [-0.4, -0.2) is 41.9 Å². The average Bonchev–Trinajstić information content (AvgIpc) is 2.24. The van der Waals surface area contributed by atoms with Crippen molar-refractivity contribution in [1.29, 1.82) is 0 Å². The Morgan fingerprint density at radius 3 is 2.33 bits per heavy atom. The molecule has 0 spiro atoms. The highest BCUT2D eigenvalue weighted by Gasteiger charge is 2.43. The summed E-state index contributed by atoms with van der Waals surface area (Å²) in [5, 5.41) is 19.8. The van der Waals surface area contributed by atoms with Crippen LogP contribution in [0, 0.1) is 5.92 Å². The Kier molecular flexibility index (Phi) is 4.99. The molecule has 0 aromatic carbocycles. The van der Waals surface area contributed by atoms with Crippen LogP contribution in [0.5, 0.6) is 0 Å². The lowest BCUT2D eigenvalue weighted by atomic mass is 9.87. The van der Waals surface area contributed by atoms with Crippen molar-refractivity contribution in [3.8, 4) is 0 Å². The molecule has 2 N–H and O–H groups in total. The predicted octanol–water partition coefficient (Wildman–Crippen LogP) is 0.906. The van der Waals surface area contributed by atoms with E-state index in [2.05, 4.69) is 0 Å². The zero-order valence-electron chi connectivity index (χ0n) is 9.72. The van der Waals surface area contributed by atoms with Crippen LogP contribution in [0.15, 0.2) is 0 Å². The van der Waals surface area contributed by atoms with Crippen LogP contribution in [0.3, 0.4) is 0 Å². The van der Waals surface area contributed by atoms with Crippen LogP contribution >= 0.6 is 0 Å². The maximum Gasteiger partial charge on any atom is 0.163 e. The number of hydrogen-bond acceptors (Lipinski definition) is 4. The average molecular weight is 218 g/mol. The highest BCUT2D eigenvalue weighted by molar-refractivity contribution is 4.88. The Labute approximate surface area is 91.2 Å². The molecule has 0 amide bonds. The Bertz CT molecular complexity index is 181. The van der Waals surface area contributed by atoms with Crippen LogP contribution in [0.4, 0.5) is 0 Å². The predicted molar refractivity (Wildman–Crippen MR) is 56.4 cm³/mol. The van der Waals surface area contributed by atoms with E-state index in [4.69, 9.17) is 9.47 Å². The largest absolute Gasteiger partial charge is 0.390 e. The molecule has 0 aliphatic carbocycles. The molecule has 0 saturated carbocycles. The minimum atomic E-state index is -0.790. The second kappa shape index (κ2) is 5.80. The Balaban J connectivity index is 2.68. The fourth-order valence-corrected chi connectivity index (χ4v) is 2.18. The van der Waals surface area contributed by atoms with E-state index in [0.717, 1.165) is 19.3 Å². The van der Waals surface area contributed by atoms with Gasteiger partial charge in [0.2, 0.25) is 0 Å². The van der Waals surface area contributed by atoms with Crippen molar-refractivity contribution in [2.75, 3.05) is 7.11 Å². The third kappa shape index (κ3) is 2.69. The van der Waals surface area contributed by atoms with Crippen molar-refractivity contribution in [3.05, 3.63) is 0 Å². The molecule has 0 aromatic heterocycles. The van der Waals surface area contributed by atoms with Crippen molar-refractivity contribution in [1.82, 2.24) is 0 Å². The third-order valence-corrected chi connectivity index (χ3v) is 3.10. The number of ether oxygens (including phenoxy) is 2. The van der Waals surface area contributed by atoms with E-state index >= 15 is 0 Å². The van der Waals surface area contributed by atoms with Gasteiger partial charge in [-0.05, 0) is 12.8 Å². The van der Waals surface area contributed by atoms with Crippen molar-refractivity contribution < 1.29 is 19.7 Å². The van der Waals surface area contributed by atoms with Gasteiger partial charge in [-0.3, -0.25) is 0 Å². The molecule has 1 fully saturated rings. The summed E-state index contributed by atoms with van der Waals surface area (Å²) in [6, 6.07) is 0. The molecule has 5 unspecified atom stereocenters. The van der Waals surface area contributed by atoms with Gasteiger partial charge >= 0.3 is 0 Å². The highest BCUT2D eigenvalue weighted by Crippen LogP contribution is 2.30. The Hall–Kier alpha value is -0.160. The fraction of sp³-hybridized carbons (Fsp3) is 1.00. The van der Waals surface area contributed by atoms with E-state index in [1.165, 1.54) is 0 Å². The van der Waals surface area contributed by atoms with Gasteiger partial charge in [0.25, 0.3) is 0 Å². The lowest BCUT2D eigenvalue weighted by Gasteiger charge is -2.42. The summed E-state index contributed by atoms with van der Waals surface area (Å²) in [4.78, 5) is 0. The molecule has 4 nitrogen and oxygen atoms in total. The maximum atomic E-state index is 9.93. The molecule has 15 heavy (non-hydrogen) atoms. The molecule has 1 saturated heterocycles. The van der Waals surface area contributed by atoms with E-state index in [0.29, 0.717) is 0 Å². The molecule has 0 radical (unpaired) electrons. The molecular weight excluding hydrogens is 196 g/mol. The summed E-state index contributed by atoms with van der Waals surface area (Å²) < 4.78 is 10.8. The first-order valence-electron chi connectivity index (χ1n) is 5.70. The van der Waals surface area contributed by atoms with Crippen molar-refractivity contribution >= 4 is 0 Å². The quantitative estimate of drug-likeness (QED) is 0.736. The summed E-state index contributed by atoms with van der Waals surface area (Å²) in [7, 11) is 1.57. The van der Waals surface area contributed by atoms with E-state index in [9.17, 15) is 10.2 Å². The second-order valence-electron chi connectivity index (χ2n) is 4.12. The summed E-state index contributed by atoms with van der Waals surface area (Å²) in [5.41, 5.74) is 0. The first-order chi connectivity index (χ1) is 7.15. The molecule has 1 rings (SSSR count). The molecule has 0 aromatic rings. The van der Waals surface area contributed by atoms with Gasteiger partial charge in [-0.15, -0.1) is 0 Å². The van der Waals surface area contributed by atoms with Gasteiger partial charge in [0, 0.05) is 13.0 Å². The molecule has 1 heterocycles. The van der Waals surface area contributed by atoms with Crippen molar-refractivity contribution in [2.24, 2.45) is 5.92 Å². The summed E-state index contributed by atoms with van der Waals surface area (Å²) in [5.74, 6) is -0.141. The molecule has 1 aliphatic rings. The number of hydrogen-bond donors (Lipinski definition) is 2. The normalized spacial score (nSPS) is 41.8. The second-order valence-corrected chi connectivity index (χ2v) is 4.12. The van der Waals surface area contributed by atoms with Gasteiger partial charge in [-0.25, -0.2) is 0 Å². The number of rotatable bonds is 4. The third-order valence-electron chi connectivity index (χ3n) is 3.10. The topological polar surface area (TPSA) is 58.9 Å². The summed E-state index contributed by atoms with van der Waals surface area (Å²) >= 11 is 0. The Morgan fingerprint density at radius 2 is 1.87 bits per heavy atom. The first kappa shape index (κ1) is 12.9. The lowest BCUT2D eigenvalue weighted by molar-refractivity contribution is -0.274. The van der Waals surface area contributed by atoms with Gasteiger partial charge in [0.05, 0.1) is 12.2 Å². The van der Waals surface area contributed by atoms with Gasteiger partial charge in [0.1, 0.15) is 6.10 Å². The van der Waals surface area contributed by atoms with Crippen LogP contribution in [0.2, 0.25) is 0 Å². The highest BCUT2D eigenvalue weighted by atomic mass is 16.7. The number of aliphatic hydroxyl groups is 2. The lowest BCUT2D eigenvalue weighted by Crippen LogP contribution is -2.54. The van der Waals surface area contributed by atoms with Gasteiger partial charge in [-0.1, -0.05) is 20.3 Å². The molecule has 0 bridgehead atoms. The minimum absolute atomic E-state index is 0.141. The molecular formula is C11H22O4. The van der Waals surface area contributed by atoms with E-state index in [1.807, 2.05) is 13.8 Å². The van der Waals surface area contributed by atoms with Crippen molar-refractivity contribution in [2.45, 2.75) is 57.7 Å². The standard InChI is InChI=1S/C11H22O4/c1-4-6-8-10(13)9(12)7(5-2)11(14-3)15-8/h7-13H,4-6H2,1-3H3. The summed E-state index contributed by atoms with van der Waals surface area (Å²) in [6.45, 7) is 3.98. The summed E-state index contributed by atoms with van der Waals surface area (Å²) in [6.07, 6.45) is 0.153. The van der Waals surface area contributed by atoms with Crippen LogP contribution in [0.1, 0.15) is 33.1 Å². The number of aliphatic hydroxyl groups excluding tert-OH is 2. The van der Waals surface area contributed by atoms with Crippen LogP contribution in [-0.2, 0) is 9.47 Å². The van der Waals surface area contributed by atoms with E-state index < -0.39 is 18.5 Å². The monoisotopic (exact) mass is 218 g/mol. The Morgan fingerprint density at radius 1 is 1.20 bits per heavy atom. The molecule has 5 atom stereocenters. The molecule has 1 aliphatic heterocycles. The fourth-order valence-electron chi connectivity index (χ4n) is 2.18. The molecule has 90 valence electrons. The van der Waals surface area contributed by atoms with E-state index in [-0.39, 0.29) is 12.0 Å². The zero-order chi connectivity index (χ0) is 11.4. The molecule has 4 heteroatoms. The van der Waals surface area contributed by atoms with Gasteiger partial charge < -0.3 is 19.7 Å². The first-order valence-corrected chi connectivity index (χ1v) is 5.70. The SMILES string of the molecule is CCCC1OC(OC)C(CC)C(O)C1O. The van der Waals surface area contributed by atoms with Gasteiger partial charge in [0.15, 0.2) is 6.29 Å². The van der Waals surface area contributed by atoms with E-state index in [1.54, 1.807) is 7.11 Å². The zero-order valence-corrected chi connectivity index (χ0v) is 9.72. The maximum absolute atomic E-state index is 9.93. The van der Waals surface area contributed by atoms with Crippen LogP contribution in [0.25, 0.3) is 0 Å².